The third kappa shape index (κ3) is 4.46. The topological polar surface area (TPSA) is 96.2 Å². The number of rotatable bonds is 5. The normalized spacial score (nSPS) is 18.0. The van der Waals surface area contributed by atoms with Crippen LogP contribution in [0.2, 0.25) is 0 Å². The van der Waals surface area contributed by atoms with Crippen LogP contribution in [0, 0.1) is 12.3 Å². The SMILES string of the molecule is CCNC(=O)C(C)(C)CNC(=NC)NC1CCc2nc(C)nn2C1. The summed E-state index contributed by atoms with van der Waals surface area (Å²) in [5.74, 6) is 2.61. The van der Waals surface area contributed by atoms with Crippen LogP contribution in [0.5, 0.6) is 0 Å². The first-order chi connectivity index (χ1) is 11.4. The highest BCUT2D eigenvalue weighted by Crippen LogP contribution is 2.14. The molecule has 0 fully saturated rings. The molecular formula is C16H29N7O. The maximum atomic E-state index is 12.1. The maximum Gasteiger partial charge on any atom is 0.227 e. The number of aryl methyl sites for hydroxylation is 2. The predicted molar refractivity (Wildman–Crippen MR) is 93.8 cm³/mol. The van der Waals surface area contributed by atoms with Gasteiger partial charge in [-0.15, -0.1) is 0 Å². The van der Waals surface area contributed by atoms with Gasteiger partial charge in [0, 0.05) is 32.6 Å². The molecule has 1 unspecified atom stereocenters. The molecule has 8 nitrogen and oxygen atoms in total. The molecule has 0 aliphatic carbocycles. The average molecular weight is 335 g/mol. The average Bonchev–Trinajstić information content (AvgIpc) is 2.90. The van der Waals surface area contributed by atoms with E-state index in [1.54, 1.807) is 7.05 Å². The number of aromatic nitrogens is 3. The molecule has 1 aromatic rings. The fourth-order valence-electron chi connectivity index (χ4n) is 2.72. The summed E-state index contributed by atoms with van der Waals surface area (Å²) >= 11 is 0. The minimum Gasteiger partial charge on any atom is -0.356 e. The lowest BCUT2D eigenvalue weighted by atomic mass is 9.92. The monoisotopic (exact) mass is 335 g/mol. The van der Waals surface area contributed by atoms with E-state index in [1.807, 2.05) is 32.4 Å². The van der Waals surface area contributed by atoms with E-state index in [0.717, 1.165) is 31.0 Å². The molecule has 1 aliphatic rings. The molecule has 1 atom stereocenters. The molecule has 134 valence electrons. The van der Waals surface area contributed by atoms with Crippen molar-refractivity contribution in [3.05, 3.63) is 11.6 Å². The minimum atomic E-state index is -0.504. The van der Waals surface area contributed by atoms with Crippen molar-refractivity contribution in [1.82, 2.24) is 30.7 Å². The molecular weight excluding hydrogens is 306 g/mol. The molecule has 1 aromatic heterocycles. The molecule has 8 heteroatoms. The molecule has 1 aliphatic heterocycles. The van der Waals surface area contributed by atoms with Gasteiger partial charge in [0.15, 0.2) is 5.96 Å². The maximum absolute atomic E-state index is 12.1. The Bertz CT molecular complexity index is 606. The van der Waals surface area contributed by atoms with Gasteiger partial charge in [0.1, 0.15) is 11.6 Å². The van der Waals surface area contributed by atoms with E-state index in [1.165, 1.54) is 0 Å². The number of guanidine groups is 1. The number of amides is 1. The first kappa shape index (κ1) is 18.2. The first-order valence-corrected chi connectivity index (χ1v) is 8.51. The number of carbonyl (C=O) groups is 1. The molecule has 0 spiro atoms. The molecule has 0 saturated heterocycles. The standard InChI is InChI=1S/C16H29N7O/c1-6-18-14(24)16(3,4)10-19-15(17-5)21-12-7-8-13-20-11(2)22-23(13)9-12/h12H,6-10H2,1-5H3,(H,18,24)(H2,17,19,21). The van der Waals surface area contributed by atoms with Crippen molar-refractivity contribution < 1.29 is 4.79 Å². The molecule has 2 heterocycles. The zero-order valence-corrected chi connectivity index (χ0v) is 15.3. The zero-order chi connectivity index (χ0) is 17.7. The summed E-state index contributed by atoms with van der Waals surface area (Å²) in [4.78, 5) is 20.8. The quantitative estimate of drug-likeness (QED) is 0.529. The number of aliphatic imine (C=N–C) groups is 1. The van der Waals surface area contributed by atoms with Crippen molar-refractivity contribution in [1.29, 1.82) is 0 Å². The van der Waals surface area contributed by atoms with E-state index >= 15 is 0 Å². The van der Waals surface area contributed by atoms with Crippen LogP contribution in [0.1, 0.15) is 38.8 Å². The van der Waals surface area contributed by atoms with Crippen LogP contribution >= 0.6 is 0 Å². The van der Waals surface area contributed by atoms with Gasteiger partial charge in [-0.3, -0.25) is 9.79 Å². The molecule has 24 heavy (non-hydrogen) atoms. The van der Waals surface area contributed by atoms with E-state index in [4.69, 9.17) is 0 Å². The molecule has 0 bridgehead atoms. The van der Waals surface area contributed by atoms with Gasteiger partial charge in [0.25, 0.3) is 0 Å². The lowest BCUT2D eigenvalue weighted by molar-refractivity contribution is -0.128. The van der Waals surface area contributed by atoms with Gasteiger partial charge in [-0.2, -0.15) is 5.10 Å². The van der Waals surface area contributed by atoms with Crippen molar-refractivity contribution in [2.75, 3.05) is 20.1 Å². The van der Waals surface area contributed by atoms with Crippen LogP contribution in [0.15, 0.2) is 4.99 Å². The second-order valence-electron chi connectivity index (χ2n) is 6.81. The number of nitrogens with one attached hydrogen (secondary N) is 3. The molecule has 3 N–H and O–H groups in total. The third-order valence-electron chi connectivity index (χ3n) is 4.18. The van der Waals surface area contributed by atoms with Crippen molar-refractivity contribution in [3.63, 3.8) is 0 Å². The van der Waals surface area contributed by atoms with E-state index in [9.17, 15) is 4.79 Å². The Morgan fingerprint density at radius 3 is 2.83 bits per heavy atom. The highest BCUT2D eigenvalue weighted by atomic mass is 16.2. The van der Waals surface area contributed by atoms with Gasteiger partial charge in [0.05, 0.1) is 12.0 Å². The van der Waals surface area contributed by atoms with Crippen LogP contribution < -0.4 is 16.0 Å². The third-order valence-corrected chi connectivity index (χ3v) is 4.18. The van der Waals surface area contributed by atoms with Crippen LogP contribution in [0.4, 0.5) is 0 Å². The Balaban J connectivity index is 1.88. The van der Waals surface area contributed by atoms with E-state index < -0.39 is 5.41 Å². The van der Waals surface area contributed by atoms with Gasteiger partial charge in [0.2, 0.25) is 5.91 Å². The van der Waals surface area contributed by atoms with Gasteiger partial charge < -0.3 is 16.0 Å². The highest BCUT2D eigenvalue weighted by molar-refractivity contribution is 5.84. The summed E-state index contributed by atoms with van der Waals surface area (Å²) in [6.07, 6.45) is 1.89. The molecule has 0 radical (unpaired) electrons. The summed E-state index contributed by atoms with van der Waals surface area (Å²) in [6.45, 7) is 9.60. The Kier molecular flexibility index (Phi) is 5.80. The van der Waals surface area contributed by atoms with E-state index in [0.29, 0.717) is 19.0 Å². The predicted octanol–water partition coefficient (Wildman–Crippen LogP) is 0.229. The summed E-state index contributed by atoms with van der Waals surface area (Å²) in [6, 6.07) is 0.248. The molecule has 2 rings (SSSR count). The van der Waals surface area contributed by atoms with Crippen LogP contribution in [-0.4, -0.2) is 52.8 Å². The molecule has 0 aromatic carbocycles. The summed E-state index contributed by atoms with van der Waals surface area (Å²) in [5.41, 5.74) is -0.504. The number of hydrogen-bond acceptors (Lipinski definition) is 4. The highest BCUT2D eigenvalue weighted by Gasteiger charge is 2.28. The van der Waals surface area contributed by atoms with E-state index in [-0.39, 0.29) is 11.9 Å². The lowest BCUT2D eigenvalue weighted by Gasteiger charge is -2.28. The number of nitrogens with zero attached hydrogens (tertiary/aromatic N) is 4. The summed E-state index contributed by atoms with van der Waals surface area (Å²) < 4.78 is 1.96. The fourth-order valence-corrected chi connectivity index (χ4v) is 2.72. The number of hydrogen-bond donors (Lipinski definition) is 3. The Labute approximate surface area is 143 Å². The Hall–Kier alpha value is -2.12. The first-order valence-electron chi connectivity index (χ1n) is 8.51. The van der Waals surface area contributed by atoms with Gasteiger partial charge in [-0.05, 0) is 34.1 Å². The van der Waals surface area contributed by atoms with Crippen molar-refractivity contribution in [2.24, 2.45) is 10.4 Å². The Morgan fingerprint density at radius 2 is 2.17 bits per heavy atom. The second-order valence-corrected chi connectivity index (χ2v) is 6.81. The van der Waals surface area contributed by atoms with Crippen molar-refractivity contribution in [2.45, 2.75) is 53.1 Å². The minimum absolute atomic E-state index is 0.0355. The summed E-state index contributed by atoms with van der Waals surface area (Å²) in [5, 5.41) is 14.0. The van der Waals surface area contributed by atoms with Crippen LogP contribution in [-0.2, 0) is 17.8 Å². The second kappa shape index (κ2) is 7.63. The van der Waals surface area contributed by atoms with Crippen molar-refractivity contribution in [3.8, 4) is 0 Å². The lowest BCUT2D eigenvalue weighted by Crippen LogP contribution is -2.51. The summed E-state index contributed by atoms with van der Waals surface area (Å²) in [7, 11) is 1.74. The van der Waals surface area contributed by atoms with Crippen molar-refractivity contribution >= 4 is 11.9 Å². The molecule has 0 saturated carbocycles. The molecule has 1 amide bonds. The fraction of sp³-hybridized carbons (Fsp3) is 0.750. The van der Waals surface area contributed by atoms with E-state index in [2.05, 4.69) is 31.0 Å². The zero-order valence-electron chi connectivity index (χ0n) is 15.3. The largest absolute Gasteiger partial charge is 0.356 e. The number of carbonyl (C=O) groups excluding carboxylic acids is 1. The van der Waals surface area contributed by atoms with Gasteiger partial charge in [-0.25, -0.2) is 9.67 Å². The van der Waals surface area contributed by atoms with Crippen LogP contribution in [0.25, 0.3) is 0 Å². The number of fused-ring (bicyclic) bond motifs is 1. The smallest absolute Gasteiger partial charge is 0.227 e. The van der Waals surface area contributed by atoms with Crippen LogP contribution in [0.3, 0.4) is 0 Å². The van der Waals surface area contributed by atoms with Gasteiger partial charge in [-0.1, -0.05) is 0 Å². The van der Waals surface area contributed by atoms with Gasteiger partial charge >= 0.3 is 0 Å². The Morgan fingerprint density at radius 1 is 1.42 bits per heavy atom.